The van der Waals surface area contributed by atoms with Crippen LogP contribution < -0.4 is 4.90 Å². The fourth-order valence-corrected chi connectivity index (χ4v) is 3.40. The largest absolute Gasteiger partial charge is 0.416 e. The number of para-hydroxylation sites is 1. The van der Waals surface area contributed by atoms with Crippen LogP contribution in [0.4, 0.5) is 19.0 Å². The van der Waals surface area contributed by atoms with Crippen LogP contribution >= 0.6 is 0 Å². The van der Waals surface area contributed by atoms with Crippen LogP contribution in [0.15, 0.2) is 66.2 Å². The molecule has 4 rings (SSSR count). The molecular formula is C22H19F3N2. The Kier molecular flexibility index (Phi) is 4.60. The van der Waals surface area contributed by atoms with Gasteiger partial charge in [-0.25, -0.2) is 4.98 Å². The number of aromatic nitrogens is 1. The van der Waals surface area contributed by atoms with Crippen molar-refractivity contribution in [2.24, 2.45) is 0 Å². The SMILES string of the molecule is FC(F)(F)c1ccc(C=C2CCN(c3ccc4ccccc4n3)CC2)cc1. The van der Waals surface area contributed by atoms with E-state index in [1.807, 2.05) is 36.4 Å². The fourth-order valence-electron chi connectivity index (χ4n) is 3.40. The van der Waals surface area contributed by atoms with E-state index in [0.29, 0.717) is 0 Å². The molecule has 138 valence electrons. The van der Waals surface area contributed by atoms with Gasteiger partial charge in [-0.2, -0.15) is 13.2 Å². The van der Waals surface area contributed by atoms with Crippen molar-refractivity contribution in [1.82, 2.24) is 4.98 Å². The van der Waals surface area contributed by atoms with Crippen LogP contribution in [-0.2, 0) is 6.18 Å². The number of rotatable bonds is 2. The predicted octanol–water partition coefficient (Wildman–Crippen LogP) is 5.94. The van der Waals surface area contributed by atoms with Crippen LogP contribution in [0.2, 0.25) is 0 Å². The highest BCUT2D eigenvalue weighted by atomic mass is 19.4. The maximum Gasteiger partial charge on any atom is 0.416 e. The lowest BCUT2D eigenvalue weighted by Crippen LogP contribution is -2.31. The first-order valence-corrected chi connectivity index (χ1v) is 8.96. The highest BCUT2D eigenvalue weighted by Gasteiger charge is 2.29. The molecule has 1 saturated heterocycles. The van der Waals surface area contributed by atoms with Crippen molar-refractivity contribution < 1.29 is 13.2 Å². The Labute approximate surface area is 156 Å². The van der Waals surface area contributed by atoms with Crippen molar-refractivity contribution in [2.45, 2.75) is 19.0 Å². The minimum atomic E-state index is -4.29. The lowest BCUT2D eigenvalue weighted by molar-refractivity contribution is -0.137. The standard InChI is InChI=1S/C22H19F3N2/c23-22(24,25)19-8-5-16(6-9-19)15-17-11-13-27(14-12-17)21-10-7-18-3-1-2-4-20(18)26-21/h1-10,15H,11-14H2. The second-order valence-electron chi connectivity index (χ2n) is 6.77. The Morgan fingerprint density at radius 1 is 0.852 bits per heavy atom. The van der Waals surface area contributed by atoms with Gasteiger partial charge in [-0.1, -0.05) is 42.0 Å². The van der Waals surface area contributed by atoms with E-state index < -0.39 is 11.7 Å². The molecule has 1 aromatic heterocycles. The summed E-state index contributed by atoms with van der Waals surface area (Å²) in [6, 6.07) is 17.5. The normalized spacial score (nSPS) is 15.2. The lowest BCUT2D eigenvalue weighted by atomic mass is 10.00. The number of piperidine rings is 1. The molecule has 2 aromatic carbocycles. The summed E-state index contributed by atoms with van der Waals surface area (Å²) in [6.45, 7) is 1.72. The maximum atomic E-state index is 12.7. The fraction of sp³-hybridized carbons (Fsp3) is 0.227. The van der Waals surface area contributed by atoms with E-state index in [1.165, 1.54) is 17.7 Å². The second kappa shape index (κ2) is 7.06. The van der Waals surface area contributed by atoms with Crippen LogP contribution in [0.25, 0.3) is 17.0 Å². The number of fused-ring (bicyclic) bond motifs is 1. The van der Waals surface area contributed by atoms with E-state index in [4.69, 9.17) is 4.98 Å². The molecule has 2 heterocycles. The molecule has 1 aliphatic heterocycles. The summed E-state index contributed by atoms with van der Waals surface area (Å²) in [7, 11) is 0. The summed E-state index contributed by atoms with van der Waals surface area (Å²) in [5.74, 6) is 0.974. The summed E-state index contributed by atoms with van der Waals surface area (Å²) >= 11 is 0. The van der Waals surface area contributed by atoms with Crippen LogP contribution in [0.3, 0.4) is 0 Å². The van der Waals surface area contributed by atoms with Crippen molar-refractivity contribution in [3.05, 3.63) is 77.4 Å². The molecule has 1 fully saturated rings. The number of nitrogens with zero attached hydrogens (tertiary/aromatic N) is 2. The first kappa shape index (κ1) is 17.6. The minimum absolute atomic E-state index is 0.609. The second-order valence-corrected chi connectivity index (χ2v) is 6.77. The monoisotopic (exact) mass is 368 g/mol. The number of benzene rings is 2. The number of anilines is 1. The molecule has 5 heteroatoms. The Morgan fingerprint density at radius 2 is 1.56 bits per heavy atom. The van der Waals surface area contributed by atoms with Crippen molar-refractivity contribution in [2.75, 3.05) is 18.0 Å². The lowest BCUT2D eigenvalue weighted by Gasteiger charge is -2.29. The highest BCUT2D eigenvalue weighted by Crippen LogP contribution is 2.30. The molecule has 0 spiro atoms. The predicted molar refractivity (Wildman–Crippen MR) is 103 cm³/mol. The zero-order valence-corrected chi connectivity index (χ0v) is 14.7. The van der Waals surface area contributed by atoms with Gasteiger partial charge in [0.05, 0.1) is 11.1 Å². The Hall–Kier alpha value is -2.82. The zero-order chi connectivity index (χ0) is 18.9. The quantitative estimate of drug-likeness (QED) is 0.557. The van der Waals surface area contributed by atoms with Crippen molar-refractivity contribution in [1.29, 1.82) is 0 Å². The minimum Gasteiger partial charge on any atom is -0.356 e. The molecule has 3 aromatic rings. The molecular weight excluding hydrogens is 349 g/mol. The molecule has 2 nitrogen and oxygen atoms in total. The van der Waals surface area contributed by atoms with Gasteiger partial charge in [0.2, 0.25) is 0 Å². The Bertz CT molecular complexity index is 965. The summed E-state index contributed by atoms with van der Waals surface area (Å²) in [5.41, 5.74) is 2.45. The topological polar surface area (TPSA) is 16.1 Å². The number of hydrogen-bond acceptors (Lipinski definition) is 2. The molecule has 0 unspecified atom stereocenters. The van der Waals surface area contributed by atoms with Crippen LogP contribution in [0.1, 0.15) is 24.0 Å². The maximum absolute atomic E-state index is 12.7. The summed E-state index contributed by atoms with van der Waals surface area (Å²) in [5, 5.41) is 1.13. The van der Waals surface area contributed by atoms with Crippen LogP contribution in [0, 0.1) is 0 Å². The van der Waals surface area contributed by atoms with Crippen molar-refractivity contribution in [3.63, 3.8) is 0 Å². The van der Waals surface area contributed by atoms with E-state index in [2.05, 4.69) is 11.0 Å². The summed E-state index contributed by atoms with van der Waals surface area (Å²) in [6.07, 6.45) is -0.514. The first-order chi connectivity index (χ1) is 13.0. The number of hydrogen-bond donors (Lipinski definition) is 0. The third-order valence-corrected chi connectivity index (χ3v) is 4.92. The van der Waals surface area contributed by atoms with Crippen LogP contribution in [-0.4, -0.2) is 18.1 Å². The average Bonchev–Trinajstić information content (AvgIpc) is 2.68. The molecule has 0 amide bonds. The van der Waals surface area contributed by atoms with Gasteiger partial charge in [0, 0.05) is 18.5 Å². The van der Waals surface area contributed by atoms with Gasteiger partial charge in [-0.3, -0.25) is 0 Å². The van der Waals surface area contributed by atoms with Gasteiger partial charge in [0.1, 0.15) is 5.82 Å². The summed E-state index contributed by atoms with van der Waals surface area (Å²) in [4.78, 5) is 7.00. The van der Waals surface area contributed by atoms with Gasteiger partial charge < -0.3 is 4.90 Å². The van der Waals surface area contributed by atoms with Gasteiger partial charge in [-0.15, -0.1) is 0 Å². The third kappa shape index (κ3) is 3.97. The summed E-state index contributed by atoms with van der Waals surface area (Å²) < 4.78 is 38.0. The smallest absolute Gasteiger partial charge is 0.356 e. The van der Waals surface area contributed by atoms with Crippen molar-refractivity contribution in [3.8, 4) is 0 Å². The van der Waals surface area contributed by atoms with Gasteiger partial charge >= 0.3 is 6.18 Å². The first-order valence-electron chi connectivity index (χ1n) is 8.96. The average molecular weight is 368 g/mol. The van der Waals surface area contributed by atoms with Gasteiger partial charge in [-0.05, 0) is 48.7 Å². The van der Waals surface area contributed by atoms with E-state index in [9.17, 15) is 13.2 Å². The number of halogens is 3. The van der Waals surface area contributed by atoms with E-state index >= 15 is 0 Å². The molecule has 0 bridgehead atoms. The molecule has 0 aliphatic carbocycles. The molecule has 0 N–H and O–H groups in total. The van der Waals surface area contributed by atoms with E-state index in [-0.39, 0.29) is 0 Å². The van der Waals surface area contributed by atoms with E-state index in [1.54, 1.807) is 0 Å². The molecule has 0 saturated carbocycles. The highest BCUT2D eigenvalue weighted by molar-refractivity contribution is 5.80. The Morgan fingerprint density at radius 3 is 2.26 bits per heavy atom. The van der Waals surface area contributed by atoms with E-state index in [0.717, 1.165) is 60.3 Å². The van der Waals surface area contributed by atoms with Gasteiger partial charge in [0.15, 0.2) is 0 Å². The van der Waals surface area contributed by atoms with Gasteiger partial charge in [0.25, 0.3) is 0 Å². The molecule has 27 heavy (non-hydrogen) atoms. The number of pyridine rings is 1. The number of alkyl halides is 3. The Balaban J connectivity index is 1.44. The van der Waals surface area contributed by atoms with Crippen molar-refractivity contribution >= 4 is 22.8 Å². The zero-order valence-electron chi connectivity index (χ0n) is 14.7. The molecule has 1 aliphatic rings. The third-order valence-electron chi connectivity index (χ3n) is 4.92. The van der Waals surface area contributed by atoms with Crippen LogP contribution in [0.5, 0.6) is 0 Å². The molecule has 0 radical (unpaired) electrons. The molecule has 0 atom stereocenters.